The Balaban J connectivity index is 1.21. The number of carboxylic acid groups (broad SMARTS) is 1. The van der Waals surface area contributed by atoms with Gasteiger partial charge in [-0.3, -0.25) is 24.2 Å². The van der Waals surface area contributed by atoms with Crippen LogP contribution in [0, 0.1) is 5.92 Å². The molecule has 0 radical (unpaired) electrons. The summed E-state index contributed by atoms with van der Waals surface area (Å²) < 4.78 is 0. The summed E-state index contributed by atoms with van der Waals surface area (Å²) in [6, 6.07) is 4.91. The van der Waals surface area contributed by atoms with Crippen molar-refractivity contribution >= 4 is 52.7 Å². The van der Waals surface area contributed by atoms with E-state index in [0.717, 1.165) is 25.7 Å². The SMILES string of the molecule is Nc1nc2ncc(CNc3ccc(C(=O)NC(CCC(=O)NCC(=O)N/N=C\C4CCCC4)C(=O)O)cc3)nc2c(=O)[nH]1. The number of fused-ring (bicyclic) bond motifs is 1. The summed E-state index contributed by atoms with van der Waals surface area (Å²) in [6.07, 6.45) is 7.15. The predicted molar refractivity (Wildman–Crippen MR) is 156 cm³/mol. The molecule has 16 nitrogen and oxygen atoms in total. The number of rotatable bonds is 13. The molecule has 0 bridgehead atoms. The summed E-state index contributed by atoms with van der Waals surface area (Å²) in [5.74, 6) is -2.66. The minimum Gasteiger partial charge on any atom is -0.480 e. The average molecular weight is 593 g/mol. The molecule has 2 heterocycles. The number of carbonyl (C=O) groups is 4. The van der Waals surface area contributed by atoms with Crippen LogP contribution in [0.5, 0.6) is 0 Å². The molecule has 43 heavy (non-hydrogen) atoms. The molecule has 1 aromatic carbocycles. The topological polar surface area (TPSA) is 247 Å². The minimum atomic E-state index is -1.32. The van der Waals surface area contributed by atoms with Gasteiger partial charge >= 0.3 is 5.97 Å². The van der Waals surface area contributed by atoms with Gasteiger partial charge < -0.3 is 26.8 Å². The molecule has 4 rings (SSSR count). The van der Waals surface area contributed by atoms with Gasteiger partial charge in [-0.05, 0) is 49.4 Å². The van der Waals surface area contributed by atoms with Crippen molar-refractivity contribution in [2.24, 2.45) is 11.0 Å². The Labute approximate surface area is 245 Å². The van der Waals surface area contributed by atoms with Gasteiger partial charge in [0.2, 0.25) is 11.9 Å². The molecule has 0 spiro atoms. The third kappa shape index (κ3) is 9.04. The molecule has 3 aromatic rings. The lowest BCUT2D eigenvalue weighted by atomic mass is 10.1. The van der Waals surface area contributed by atoms with Crippen LogP contribution in [0.15, 0.2) is 40.4 Å². The number of nitrogen functional groups attached to an aromatic ring is 1. The van der Waals surface area contributed by atoms with Gasteiger partial charge in [0.25, 0.3) is 17.4 Å². The van der Waals surface area contributed by atoms with E-state index in [4.69, 9.17) is 5.73 Å². The van der Waals surface area contributed by atoms with Crippen LogP contribution in [0.25, 0.3) is 11.2 Å². The summed E-state index contributed by atoms with van der Waals surface area (Å²) >= 11 is 0. The Morgan fingerprint density at radius 1 is 1.12 bits per heavy atom. The fraction of sp³-hybridized carbons (Fsp3) is 0.370. The molecule has 3 amide bonds. The van der Waals surface area contributed by atoms with Crippen LogP contribution in [-0.4, -0.2) is 67.5 Å². The Hall–Kier alpha value is -5.41. The molecule has 2 aromatic heterocycles. The normalized spacial score (nSPS) is 14.0. The highest BCUT2D eigenvalue weighted by Crippen LogP contribution is 2.22. The van der Waals surface area contributed by atoms with Gasteiger partial charge in [0.05, 0.1) is 25.0 Å². The van der Waals surface area contributed by atoms with E-state index in [0.29, 0.717) is 17.3 Å². The van der Waals surface area contributed by atoms with E-state index >= 15 is 0 Å². The second-order valence-electron chi connectivity index (χ2n) is 9.95. The number of amides is 3. The lowest BCUT2D eigenvalue weighted by molar-refractivity contribution is -0.139. The number of hydrogen-bond acceptors (Lipinski definition) is 11. The third-order valence-corrected chi connectivity index (χ3v) is 6.69. The molecule has 1 aliphatic rings. The molecule has 0 aliphatic heterocycles. The quantitative estimate of drug-likeness (QED) is 0.105. The third-order valence-electron chi connectivity index (χ3n) is 6.69. The van der Waals surface area contributed by atoms with Crippen LogP contribution in [0.4, 0.5) is 11.6 Å². The lowest BCUT2D eigenvalue weighted by Gasteiger charge is -2.15. The van der Waals surface area contributed by atoms with Crippen LogP contribution >= 0.6 is 0 Å². The van der Waals surface area contributed by atoms with Crippen LogP contribution in [-0.2, 0) is 20.9 Å². The number of aliphatic carboxylic acids is 1. The van der Waals surface area contributed by atoms with Crippen molar-refractivity contribution in [3.05, 3.63) is 52.1 Å². The van der Waals surface area contributed by atoms with Crippen molar-refractivity contribution in [3.63, 3.8) is 0 Å². The zero-order valence-electron chi connectivity index (χ0n) is 23.1. The maximum absolute atomic E-state index is 12.7. The number of hydrogen-bond donors (Lipinski definition) is 7. The fourth-order valence-electron chi connectivity index (χ4n) is 4.39. The highest BCUT2D eigenvalue weighted by atomic mass is 16.4. The van der Waals surface area contributed by atoms with Crippen molar-refractivity contribution in [3.8, 4) is 0 Å². The van der Waals surface area contributed by atoms with Gasteiger partial charge in [-0.2, -0.15) is 10.1 Å². The van der Waals surface area contributed by atoms with Crippen molar-refractivity contribution in [1.82, 2.24) is 36.0 Å². The zero-order valence-corrected chi connectivity index (χ0v) is 23.1. The molecule has 8 N–H and O–H groups in total. The number of carbonyl (C=O) groups excluding carboxylic acids is 3. The number of aromatic nitrogens is 4. The van der Waals surface area contributed by atoms with Crippen molar-refractivity contribution in [1.29, 1.82) is 0 Å². The molecule has 1 unspecified atom stereocenters. The fourth-order valence-corrected chi connectivity index (χ4v) is 4.39. The van der Waals surface area contributed by atoms with Crippen LogP contribution in [0.3, 0.4) is 0 Å². The number of H-pyrrole nitrogens is 1. The number of hydrazone groups is 1. The number of nitrogens with two attached hydrogens (primary N) is 1. The highest BCUT2D eigenvalue weighted by Gasteiger charge is 2.22. The summed E-state index contributed by atoms with van der Waals surface area (Å²) in [6.45, 7) is -0.0832. The second-order valence-corrected chi connectivity index (χ2v) is 9.95. The monoisotopic (exact) mass is 592 g/mol. The van der Waals surface area contributed by atoms with Crippen molar-refractivity contribution < 1.29 is 24.3 Å². The Bertz CT molecular complexity index is 1570. The van der Waals surface area contributed by atoms with E-state index < -0.39 is 35.3 Å². The second kappa shape index (κ2) is 14.5. The van der Waals surface area contributed by atoms with E-state index in [-0.39, 0.29) is 48.6 Å². The lowest BCUT2D eigenvalue weighted by Crippen LogP contribution is -2.42. The maximum Gasteiger partial charge on any atom is 0.326 e. The summed E-state index contributed by atoms with van der Waals surface area (Å²) in [7, 11) is 0. The molecule has 16 heteroatoms. The van der Waals surface area contributed by atoms with Crippen LogP contribution in [0.1, 0.15) is 54.6 Å². The summed E-state index contributed by atoms with van der Waals surface area (Å²) in [4.78, 5) is 75.0. The molecular weight excluding hydrogens is 560 g/mol. The molecule has 1 aliphatic carbocycles. The molecule has 1 saturated carbocycles. The van der Waals surface area contributed by atoms with E-state index in [1.54, 1.807) is 18.3 Å². The number of nitrogens with one attached hydrogen (secondary N) is 5. The van der Waals surface area contributed by atoms with Gasteiger partial charge in [-0.1, -0.05) is 12.8 Å². The van der Waals surface area contributed by atoms with E-state index in [1.165, 1.54) is 18.3 Å². The Morgan fingerprint density at radius 2 is 1.86 bits per heavy atom. The number of nitrogens with zero attached hydrogens (tertiary/aromatic N) is 4. The molecule has 226 valence electrons. The maximum atomic E-state index is 12.7. The van der Waals surface area contributed by atoms with Crippen molar-refractivity contribution in [2.75, 3.05) is 17.6 Å². The summed E-state index contributed by atoms with van der Waals surface area (Å²) in [5.41, 5.74) is 8.84. The van der Waals surface area contributed by atoms with Crippen molar-refractivity contribution in [2.45, 2.75) is 51.1 Å². The smallest absolute Gasteiger partial charge is 0.326 e. The first-order valence-electron chi connectivity index (χ1n) is 13.7. The van der Waals surface area contributed by atoms with Gasteiger partial charge in [0.15, 0.2) is 11.2 Å². The number of anilines is 2. The highest BCUT2D eigenvalue weighted by molar-refractivity contribution is 5.97. The van der Waals surface area contributed by atoms with Gasteiger partial charge in [-0.25, -0.2) is 20.2 Å². The standard InChI is InChI=1S/C27H32N10O6/c28-27-35-23-22(25(41)36-27)33-18(13-31-23)12-29-17-7-5-16(6-8-17)24(40)34-19(26(42)43)9-10-20(38)30-14-21(39)37-32-11-15-3-1-2-4-15/h5-8,11,13,15,19,29H,1-4,9-10,12,14H2,(H,30,38)(H,34,40)(H,37,39)(H,42,43)(H3,28,31,35,36,41)/b32-11-. The van der Waals surface area contributed by atoms with E-state index in [1.807, 2.05) is 0 Å². The molecule has 1 atom stereocenters. The molecule has 0 saturated heterocycles. The number of aromatic amines is 1. The predicted octanol–water partition coefficient (Wildman–Crippen LogP) is 0.279. The average Bonchev–Trinajstić information content (AvgIpc) is 3.51. The Morgan fingerprint density at radius 3 is 2.58 bits per heavy atom. The molecular formula is C27H32N10O6. The Kier molecular flexibility index (Phi) is 10.3. The van der Waals surface area contributed by atoms with Gasteiger partial charge in [-0.15, -0.1) is 0 Å². The van der Waals surface area contributed by atoms with Crippen LogP contribution < -0.4 is 32.7 Å². The first kappa shape index (κ1) is 30.5. The molecule has 1 fully saturated rings. The summed E-state index contributed by atoms with van der Waals surface area (Å²) in [5, 5.41) is 21.3. The first-order chi connectivity index (χ1) is 20.7. The first-order valence-corrected chi connectivity index (χ1v) is 13.7. The largest absolute Gasteiger partial charge is 0.480 e. The minimum absolute atomic E-state index is 0.0518. The van der Waals surface area contributed by atoms with Gasteiger partial charge in [0, 0.05) is 23.9 Å². The van der Waals surface area contributed by atoms with E-state index in [9.17, 15) is 29.1 Å². The van der Waals surface area contributed by atoms with Crippen LogP contribution in [0.2, 0.25) is 0 Å². The number of benzene rings is 1. The van der Waals surface area contributed by atoms with Gasteiger partial charge in [0.1, 0.15) is 6.04 Å². The number of carboxylic acids is 1. The zero-order chi connectivity index (χ0) is 30.8. The van der Waals surface area contributed by atoms with E-state index in [2.05, 4.69) is 46.4 Å².